The van der Waals surface area contributed by atoms with Crippen molar-refractivity contribution >= 4 is 11.8 Å². The summed E-state index contributed by atoms with van der Waals surface area (Å²) in [7, 11) is 0. The van der Waals surface area contributed by atoms with Crippen LogP contribution in [-0.2, 0) is 9.59 Å². The van der Waals surface area contributed by atoms with Gasteiger partial charge in [-0.1, -0.05) is 44.8 Å². The minimum atomic E-state index is -0.132. The van der Waals surface area contributed by atoms with E-state index in [0.717, 1.165) is 6.42 Å². The van der Waals surface area contributed by atoms with Crippen molar-refractivity contribution in [3.63, 3.8) is 0 Å². The first-order chi connectivity index (χ1) is 8.24. The molecule has 1 aliphatic heterocycles. The molecule has 1 rings (SSSR count). The number of imide groups is 1. The summed E-state index contributed by atoms with van der Waals surface area (Å²) in [5.41, 5.74) is 0. The first-order valence-electron chi connectivity index (χ1n) is 6.72. The number of nitrogens with one attached hydrogen (secondary N) is 1. The Morgan fingerprint density at radius 3 is 2.59 bits per heavy atom. The highest BCUT2D eigenvalue weighted by Crippen LogP contribution is 2.15. The molecule has 1 saturated heterocycles. The second kappa shape index (κ2) is 8.04. The monoisotopic (exact) mass is 237 g/mol. The van der Waals surface area contributed by atoms with Gasteiger partial charge in [0.1, 0.15) is 0 Å². The molecule has 1 aliphatic rings. The van der Waals surface area contributed by atoms with E-state index >= 15 is 0 Å². The van der Waals surface area contributed by atoms with Crippen LogP contribution < -0.4 is 5.32 Å². The highest BCUT2D eigenvalue weighted by molar-refractivity contribution is 6.03. The van der Waals surface area contributed by atoms with Crippen LogP contribution in [0.1, 0.15) is 58.3 Å². The summed E-state index contributed by atoms with van der Waals surface area (Å²) >= 11 is 0. The second-order valence-electron chi connectivity index (χ2n) is 4.72. The largest absolute Gasteiger partial charge is 0.296 e. The number of hydrogen-bond acceptors (Lipinski definition) is 2. The average Bonchev–Trinajstić information content (AvgIpc) is 2.61. The van der Waals surface area contributed by atoms with Crippen molar-refractivity contribution in [2.24, 2.45) is 5.92 Å². The zero-order valence-corrected chi connectivity index (χ0v) is 10.7. The Morgan fingerprint density at radius 2 is 1.94 bits per heavy atom. The topological polar surface area (TPSA) is 46.2 Å². The van der Waals surface area contributed by atoms with Crippen LogP contribution in [0, 0.1) is 5.92 Å². The predicted molar refractivity (Wildman–Crippen MR) is 68.4 cm³/mol. The number of carbonyl (C=O) groups excluding carboxylic acids is 2. The molecule has 2 amide bonds. The average molecular weight is 237 g/mol. The molecule has 3 nitrogen and oxygen atoms in total. The lowest BCUT2D eigenvalue weighted by molar-refractivity contribution is -0.125. The van der Waals surface area contributed by atoms with Crippen LogP contribution in [-0.4, -0.2) is 11.8 Å². The summed E-state index contributed by atoms with van der Waals surface area (Å²) in [4.78, 5) is 22.2. The molecule has 0 spiro atoms. The Balaban J connectivity index is 2.02. The Morgan fingerprint density at radius 1 is 1.18 bits per heavy atom. The minimum absolute atomic E-state index is 0.109. The molecule has 0 saturated carbocycles. The fraction of sp³-hybridized carbons (Fsp3) is 0.714. The van der Waals surface area contributed by atoms with E-state index in [-0.39, 0.29) is 17.7 Å². The smallest absolute Gasteiger partial charge is 0.230 e. The molecule has 0 aromatic carbocycles. The number of carbonyl (C=O) groups is 2. The molecule has 0 aromatic heterocycles. The van der Waals surface area contributed by atoms with E-state index in [0.29, 0.717) is 12.8 Å². The van der Waals surface area contributed by atoms with Crippen molar-refractivity contribution in [2.75, 3.05) is 0 Å². The van der Waals surface area contributed by atoms with E-state index in [4.69, 9.17) is 0 Å². The highest BCUT2D eigenvalue weighted by Gasteiger charge is 2.28. The van der Waals surface area contributed by atoms with Crippen molar-refractivity contribution in [2.45, 2.75) is 58.3 Å². The van der Waals surface area contributed by atoms with E-state index in [9.17, 15) is 9.59 Å². The number of rotatable bonds is 8. The van der Waals surface area contributed by atoms with E-state index in [2.05, 4.69) is 18.3 Å². The molecule has 0 aromatic rings. The summed E-state index contributed by atoms with van der Waals surface area (Å²) < 4.78 is 0. The van der Waals surface area contributed by atoms with Crippen molar-refractivity contribution in [1.29, 1.82) is 0 Å². The fourth-order valence-corrected chi connectivity index (χ4v) is 2.04. The standard InChI is InChI=1S/C14H23NO2/c1-2-3-4-5-6-7-8-9-10-12-11-13(16)15-14(12)17/h8-9,12H,2-7,10-11H2,1H3,(H,15,16,17). The molecular weight excluding hydrogens is 214 g/mol. The van der Waals surface area contributed by atoms with Gasteiger partial charge in [0.25, 0.3) is 0 Å². The molecule has 0 radical (unpaired) electrons. The molecule has 1 heterocycles. The van der Waals surface area contributed by atoms with Gasteiger partial charge in [0.2, 0.25) is 11.8 Å². The van der Waals surface area contributed by atoms with Crippen molar-refractivity contribution in [3.05, 3.63) is 12.2 Å². The molecule has 96 valence electrons. The second-order valence-corrected chi connectivity index (χ2v) is 4.72. The fourth-order valence-electron chi connectivity index (χ4n) is 2.04. The highest BCUT2D eigenvalue weighted by atomic mass is 16.2. The zero-order valence-electron chi connectivity index (χ0n) is 10.7. The Hall–Kier alpha value is -1.12. The van der Waals surface area contributed by atoms with E-state index in [1.807, 2.05) is 6.08 Å². The third kappa shape index (κ3) is 5.66. The van der Waals surface area contributed by atoms with Gasteiger partial charge in [-0.25, -0.2) is 0 Å². The Labute approximate surface area is 104 Å². The van der Waals surface area contributed by atoms with Crippen LogP contribution in [0.15, 0.2) is 12.2 Å². The predicted octanol–water partition coefficient (Wildman–Crippen LogP) is 2.96. The van der Waals surface area contributed by atoms with Gasteiger partial charge >= 0.3 is 0 Å². The molecule has 1 N–H and O–H groups in total. The van der Waals surface area contributed by atoms with Gasteiger partial charge in [0.15, 0.2) is 0 Å². The van der Waals surface area contributed by atoms with Crippen LogP contribution in [0.25, 0.3) is 0 Å². The summed E-state index contributed by atoms with van der Waals surface area (Å²) in [6, 6.07) is 0. The molecule has 1 atom stereocenters. The maximum atomic E-state index is 11.3. The van der Waals surface area contributed by atoms with Gasteiger partial charge in [0, 0.05) is 6.42 Å². The molecule has 17 heavy (non-hydrogen) atoms. The molecule has 1 fully saturated rings. The molecule has 3 heteroatoms. The number of amides is 2. The summed E-state index contributed by atoms with van der Waals surface area (Å²) in [5, 5.41) is 2.33. The summed E-state index contributed by atoms with van der Waals surface area (Å²) in [6.07, 6.45) is 12.8. The number of allylic oxidation sites excluding steroid dienone is 2. The maximum absolute atomic E-state index is 11.3. The lowest BCUT2D eigenvalue weighted by Crippen LogP contribution is -2.21. The molecule has 1 unspecified atom stereocenters. The first-order valence-corrected chi connectivity index (χ1v) is 6.72. The Bertz CT molecular complexity index is 284. The third-order valence-electron chi connectivity index (χ3n) is 3.13. The van der Waals surface area contributed by atoms with Crippen molar-refractivity contribution in [1.82, 2.24) is 5.32 Å². The maximum Gasteiger partial charge on any atom is 0.230 e. The lowest BCUT2D eigenvalue weighted by atomic mass is 10.0. The van der Waals surface area contributed by atoms with Gasteiger partial charge in [-0.2, -0.15) is 0 Å². The van der Waals surface area contributed by atoms with Gasteiger partial charge in [-0.05, 0) is 19.3 Å². The quantitative estimate of drug-likeness (QED) is 0.401. The molecule has 0 aliphatic carbocycles. The minimum Gasteiger partial charge on any atom is -0.296 e. The van der Waals surface area contributed by atoms with Crippen molar-refractivity contribution < 1.29 is 9.59 Å². The number of unbranched alkanes of at least 4 members (excludes halogenated alkanes) is 5. The normalized spacial score (nSPS) is 20.2. The van der Waals surface area contributed by atoms with Gasteiger partial charge in [-0.15, -0.1) is 0 Å². The van der Waals surface area contributed by atoms with Crippen LogP contribution >= 0.6 is 0 Å². The molecule has 0 bridgehead atoms. The lowest BCUT2D eigenvalue weighted by Gasteiger charge is -2.00. The zero-order chi connectivity index (χ0) is 12.5. The van der Waals surface area contributed by atoms with Gasteiger partial charge in [-0.3, -0.25) is 14.9 Å². The first kappa shape index (κ1) is 13.9. The number of hydrogen-bond donors (Lipinski definition) is 1. The van der Waals surface area contributed by atoms with Crippen molar-refractivity contribution in [3.8, 4) is 0 Å². The summed E-state index contributed by atoms with van der Waals surface area (Å²) in [5.74, 6) is -0.366. The van der Waals surface area contributed by atoms with E-state index in [1.165, 1.54) is 32.1 Å². The van der Waals surface area contributed by atoms with E-state index in [1.54, 1.807) is 0 Å². The van der Waals surface area contributed by atoms with Crippen LogP contribution in [0.5, 0.6) is 0 Å². The molecular formula is C14H23NO2. The Kier molecular flexibility index (Phi) is 6.60. The third-order valence-corrected chi connectivity index (χ3v) is 3.13. The van der Waals surface area contributed by atoms with Crippen LogP contribution in [0.3, 0.4) is 0 Å². The van der Waals surface area contributed by atoms with Gasteiger partial charge < -0.3 is 0 Å². The van der Waals surface area contributed by atoms with Crippen LogP contribution in [0.4, 0.5) is 0 Å². The SMILES string of the molecule is CCCCCCCC=CCC1CC(=O)NC1=O. The van der Waals surface area contributed by atoms with Crippen LogP contribution in [0.2, 0.25) is 0 Å². The van der Waals surface area contributed by atoms with E-state index < -0.39 is 0 Å². The summed E-state index contributed by atoms with van der Waals surface area (Å²) in [6.45, 7) is 2.22. The van der Waals surface area contributed by atoms with Gasteiger partial charge in [0.05, 0.1) is 5.92 Å².